The molecule has 3 heteroatoms. The Morgan fingerprint density at radius 1 is 1.29 bits per heavy atom. The van der Waals surface area contributed by atoms with Crippen LogP contribution in [0.4, 0.5) is 0 Å². The van der Waals surface area contributed by atoms with E-state index in [4.69, 9.17) is 5.26 Å². The highest BCUT2D eigenvalue weighted by Gasteiger charge is 2.32. The van der Waals surface area contributed by atoms with Gasteiger partial charge in [-0.2, -0.15) is 10.5 Å². The lowest BCUT2D eigenvalue weighted by Gasteiger charge is -2.38. The van der Waals surface area contributed by atoms with Crippen LogP contribution in [-0.4, -0.2) is 24.5 Å². The van der Waals surface area contributed by atoms with Gasteiger partial charge >= 0.3 is 0 Å². The van der Waals surface area contributed by atoms with Gasteiger partial charge in [0.05, 0.1) is 18.1 Å². The van der Waals surface area contributed by atoms with Crippen LogP contribution in [0.2, 0.25) is 0 Å². The summed E-state index contributed by atoms with van der Waals surface area (Å²) in [5, 5.41) is 17.8. The summed E-state index contributed by atoms with van der Waals surface area (Å²) < 4.78 is 0. The third-order valence-electron chi connectivity index (χ3n) is 3.93. The molecule has 17 heavy (non-hydrogen) atoms. The smallest absolute Gasteiger partial charge is 0.0672 e. The van der Waals surface area contributed by atoms with Gasteiger partial charge in [-0.25, -0.2) is 0 Å². The Labute approximate surface area is 105 Å². The van der Waals surface area contributed by atoms with E-state index in [0.717, 1.165) is 25.3 Å². The SMILES string of the molecule is CCCC1CCC(C#N)C(N(C)CCC#N)C1. The van der Waals surface area contributed by atoms with Gasteiger partial charge in [0.1, 0.15) is 0 Å². The Morgan fingerprint density at radius 2 is 2.06 bits per heavy atom. The molecule has 0 bridgehead atoms. The first-order chi connectivity index (χ1) is 8.22. The summed E-state index contributed by atoms with van der Waals surface area (Å²) in [5.74, 6) is 0.936. The summed E-state index contributed by atoms with van der Waals surface area (Å²) in [5.41, 5.74) is 0. The summed E-state index contributed by atoms with van der Waals surface area (Å²) >= 11 is 0. The minimum absolute atomic E-state index is 0.159. The van der Waals surface area contributed by atoms with Crippen molar-refractivity contribution in [3.8, 4) is 12.1 Å². The van der Waals surface area contributed by atoms with Gasteiger partial charge in [0.15, 0.2) is 0 Å². The van der Waals surface area contributed by atoms with E-state index in [0.29, 0.717) is 12.5 Å². The highest BCUT2D eigenvalue weighted by Crippen LogP contribution is 2.34. The molecule has 0 amide bonds. The number of hydrogen-bond donors (Lipinski definition) is 0. The second-order valence-electron chi connectivity index (χ2n) is 5.16. The second kappa shape index (κ2) is 7.30. The zero-order valence-corrected chi connectivity index (χ0v) is 11.0. The molecular weight excluding hydrogens is 210 g/mol. The van der Waals surface area contributed by atoms with Gasteiger partial charge in [-0.1, -0.05) is 19.8 Å². The lowest BCUT2D eigenvalue weighted by atomic mass is 9.76. The molecule has 0 aliphatic heterocycles. The predicted octanol–water partition coefficient (Wildman–Crippen LogP) is 2.94. The molecule has 3 unspecified atom stereocenters. The molecule has 1 fully saturated rings. The van der Waals surface area contributed by atoms with Crippen molar-refractivity contribution < 1.29 is 0 Å². The van der Waals surface area contributed by atoms with Crippen molar-refractivity contribution in [1.29, 1.82) is 10.5 Å². The van der Waals surface area contributed by atoms with Crippen molar-refractivity contribution >= 4 is 0 Å². The van der Waals surface area contributed by atoms with Crippen molar-refractivity contribution in [2.45, 2.75) is 51.5 Å². The first-order valence-electron chi connectivity index (χ1n) is 6.69. The first kappa shape index (κ1) is 14.0. The topological polar surface area (TPSA) is 50.8 Å². The molecule has 0 aromatic carbocycles. The molecule has 0 spiro atoms. The average molecular weight is 233 g/mol. The van der Waals surface area contributed by atoms with E-state index in [-0.39, 0.29) is 5.92 Å². The lowest BCUT2D eigenvalue weighted by Crippen LogP contribution is -2.42. The van der Waals surface area contributed by atoms with Crippen LogP contribution in [0.3, 0.4) is 0 Å². The van der Waals surface area contributed by atoms with Gasteiger partial charge in [0, 0.05) is 19.0 Å². The van der Waals surface area contributed by atoms with Gasteiger partial charge in [-0.15, -0.1) is 0 Å². The van der Waals surface area contributed by atoms with Crippen LogP contribution in [0.1, 0.15) is 45.4 Å². The van der Waals surface area contributed by atoms with Crippen LogP contribution in [0, 0.1) is 34.5 Å². The third kappa shape index (κ3) is 4.02. The van der Waals surface area contributed by atoms with Crippen molar-refractivity contribution in [2.75, 3.05) is 13.6 Å². The van der Waals surface area contributed by atoms with E-state index < -0.39 is 0 Å². The van der Waals surface area contributed by atoms with Crippen molar-refractivity contribution in [1.82, 2.24) is 4.90 Å². The summed E-state index contributed by atoms with van der Waals surface area (Å²) in [6, 6.07) is 4.99. The number of rotatable bonds is 5. The van der Waals surface area contributed by atoms with Crippen molar-refractivity contribution in [3.05, 3.63) is 0 Å². The molecule has 0 aromatic heterocycles. The van der Waals surface area contributed by atoms with Crippen LogP contribution in [0.15, 0.2) is 0 Å². The van der Waals surface area contributed by atoms with Gasteiger partial charge in [0.25, 0.3) is 0 Å². The van der Waals surface area contributed by atoms with Crippen molar-refractivity contribution in [3.63, 3.8) is 0 Å². The molecule has 94 valence electrons. The highest BCUT2D eigenvalue weighted by molar-refractivity contribution is 4.97. The molecule has 0 N–H and O–H groups in total. The molecule has 1 rings (SSSR count). The normalized spacial score (nSPS) is 28.6. The zero-order valence-electron chi connectivity index (χ0n) is 11.0. The molecule has 0 aromatic rings. The minimum Gasteiger partial charge on any atom is -0.301 e. The van der Waals surface area contributed by atoms with E-state index in [1.165, 1.54) is 19.3 Å². The molecule has 1 aliphatic rings. The Kier molecular flexibility index (Phi) is 6.01. The molecule has 1 aliphatic carbocycles. The summed E-state index contributed by atoms with van der Waals surface area (Å²) in [4.78, 5) is 2.22. The maximum atomic E-state index is 9.21. The maximum absolute atomic E-state index is 9.21. The number of nitriles is 2. The molecule has 1 saturated carbocycles. The van der Waals surface area contributed by atoms with Gasteiger partial charge in [-0.3, -0.25) is 0 Å². The first-order valence-corrected chi connectivity index (χ1v) is 6.69. The van der Waals surface area contributed by atoms with Crippen LogP contribution in [0.25, 0.3) is 0 Å². The van der Waals surface area contributed by atoms with Gasteiger partial charge in [0.2, 0.25) is 0 Å². The summed E-state index contributed by atoms with van der Waals surface area (Å²) in [6.07, 6.45) is 6.44. The van der Waals surface area contributed by atoms with Crippen LogP contribution < -0.4 is 0 Å². The average Bonchev–Trinajstić information content (AvgIpc) is 2.36. The summed E-state index contributed by atoms with van der Waals surface area (Å²) in [6.45, 7) is 3.02. The zero-order chi connectivity index (χ0) is 12.7. The molecule has 0 heterocycles. The van der Waals surface area contributed by atoms with E-state index in [9.17, 15) is 5.26 Å². The maximum Gasteiger partial charge on any atom is 0.0672 e. The van der Waals surface area contributed by atoms with Crippen LogP contribution >= 0.6 is 0 Å². The minimum atomic E-state index is 0.159. The molecular formula is C14H23N3. The van der Waals surface area contributed by atoms with Gasteiger partial charge in [-0.05, 0) is 32.2 Å². The van der Waals surface area contributed by atoms with Crippen molar-refractivity contribution in [2.24, 2.45) is 11.8 Å². The fourth-order valence-electron chi connectivity index (χ4n) is 2.93. The Morgan fingerprint density at radius 3 is 2.65 bits per heavy atom. The quantitative estimate of drug-likeness (QED) is 0.733. The van der Waals surface area contributed by atoms with Crippen LogP contribution in [-0.2, 0) is 0 Å². The standard InChI is InChI=1S/C14H23N3/c1-3-5-12-6-7-13(11-16)14(10-12)17(2)9-4-8-15/h12-14H,3-7,9-10H2,1-2H3. The molecule has 0 radical (unpaired) electrons. The molecule has 0 saturated heterocycles. The van der Waals surface area contributed by atoms with E-state index in [2.05, 4.69) is 31.0 Å². The Balaban J connectivity index is 2.57. The molecule has 3 atom stereocenters. The fourth-order valence-corrected chi connectivity index (χ4v) is 2.93. The Bertz CT molecular complexity index is 300. The fraction of sp³-hybridized carbons (Fsp3) is 0.857. The number of hydrogen-bond acceptors (Lipinski definition) is 3. The van der Waals surface area contributed by atoms with E-state index in [1.54, 1.807) is 0 Å². The van der Waals surface area contributed by atoms with E-state index in [1.807, 2.05) is 0 Å². The Hall–Kier alpha value is -1.06. The van der Waals surface area contributed by atoms with Gasteiger partial charge < -0.3 is 4.90 Å². The third-order valence-corrected chi connectivity index (χ3v) is 3.93. The van der Waals surface area contributed by atoms with Crippen LogP contribution in [0.5, 0.6) is 0 Å². The monoisotopic (exact) mass is 233 g/mol. The number of nitrogens with zero attached hydrogens (tertiary/aromatic N) is 3. The van der Waals surface area contributed by atoms with E-state index >= 15 is 0 Å². The second-order valence-corrected chi connectivity index (χ2v) is 5.16. The summed E-state index contributed by atoms with van der Waals surface area (Å²) in [7, 11) is 2.06. The lowest BCUT2D eigenvalue weighted by molar-refractivity contribution is 0.123. The molecule has 3 nitrogen and oxygen atoms in total. The predicted molar refractivity (Wildman–Crippen MR) is 68.0 cm³/mol. The highest BCUT2D eigenvalue weighted by atomic mass is 15.1. The largest absolute Gasteiger partial charge is 0.301 e.